The maximum atomic E-state index is 4.64. The highest BCUT2D eigenvalue weighted by Crippen LogP contribution is 2.05. The monoisotopic (exact) mass is 237 g/mol. The number of hydrogen-bond donors (Lipinski definition) is 0. The summed E-state index contributed by atoms with van der Waals surface area (Å²) in [7, 11) is 0. The van der Waals surface area contributed by atoms with E-state index in [1.165, 1.54) is 16.7 Å². The normalized spacial score (nSPS) is 11.6. The molecule has 0 aliphatic rings. The zero-order valence-corrected chi connectivity index (χ0v) is 11.1. The topological polar surface area (TPSA) is 12.4 Å². The summed E-state index contributed by atoms with van der Waals surface area (Å²) in [5.74, 6) is 0. The van der Waals surface area contributed by atoms with Crippen LogP contribution in [0.2, 0.25) is 0 Å². The van der Waals surface area contributed by atoms with E-state index in [0.717, 1.165) is 18.7 Å². The van der Waals surface area contributed by atoms with Gasteiger partial charge < -0.3 is 0 Å². The maximum absolute atomic E-state index is 4.64. The van der Waals surface area contributed by atoms with Crippen molar-refractivity contribution in [3.05, 3.63) is 71.3 Å². The van der Waals surface area contributed by atoms with Crippen LogP contribution in [-0.2, 0) is 6.42 Å². The molecule has 0 aliphatic heterocycles. The van der Waals surface area contributed by atoms with Crippen LogP contribution in [0.15, 0.2) is 59.6 Å². The van der Waals surface area contributed by atoms with Crippen LogP contribution >= 0.6 is 0 Å². The number of hydrogen-bond acceptors (Lipinski definition) is 1. The SMILES string of the molecule is CC(=NCCc1ccccc1)c1ccc(C)cc1. The van der Waals surface area contributed by atoms with E-state index in [1.54, 1.807) is 0 Å². The van der Waals surface area contributed by atoms with Crippen molar-refractivity contribution in [1.82, 2.24) is 0 Å². The molecule has 0 aromatic heterocycles. The Labute approximate surface area is 109 Å². The molecular formula is C17H19N. The van der Waals surface area contributed by atoms with Crippen LogP contribution in [0.25, 0.3) is 0 Å². The van der Waals surface area contributed by atoms with Gasteiger partial charge in [-0.15, -0.1) is 0 Å². The number of nitrogens with zero attached hydrogens (tertiary/aromatic N) is 1. The average molecular weight is 237 g/mol. The highest BCUT2D eigenvalue weighted by Gasteiger charge is 1.96. The standard InChI is InChI=1S/C17H19N/c1-14-8-10-17(11-9-14)15(2)18-13-12-16-6-4-3-5-7-16/h3-11H,12-13H2,1-2H3. The van der Waals surface area contributed by atoms with E-state index in [2.05, 4.69) is 67.4 Å². The summed E-state index contributed by atoms with van der Waals surface area (Å²) in [5.41, 5.74) is 4.97. The average Bonchev–Trinajstić information content (AvgIpc) is 2.40. The van der Waals surface area contributed by atoms with Gasteiger partial charge in [0.1, 0.15) is 0 Å². The lowest BCUT2D eigenvalue weighted by Gasteiger charge is -2.02. The van der Waals surface area contributed by atoms with Crippen molar-refractivity contribution in [3.8, 4) is 0 Å². The van der Waals surface area contributed by atoms with Gasteiger partial charge in [-0.05, 0) is 31.4 Å². The molecule has 2 aromatic carbocycles. The first kappa shape index (κ1) is 12.6. The molecule has 0 aliphatic carbocycles. The van der Waals surface area contributed by atoms with Crippen LogP contribution < -0.4 is 0 Å². The van der Waals surface area contributed by atoms with E-state index < -0.39 is 0 Å². The Morgan fingerprint density at radius 2 is 1.61 bits per heavy atom. The minimum Gasteiger partial charge on any atom is -0.289 e. The summed E-state index contributed by atoms with van der Waals surface area (Å²) in [6, 6.07) is 19.0. The molecule has 0 bridgehead atoms. The molecular weight excluding hydrogens is 218 g/mol. The second-order valence-corrected chi connectivity index (χ2v) is 4.57. The van der Waals surface area contributed by atoms with Crippen molar-refractivity contribution in [2.24, 2.45) is 4.99 Å². The van der Waals surface area contributed by atoms with Gasteiger partial charge in [-0.2, -0.15) is 0 Å². The summed E-state index contributed by atoms with van der Waals surface area (Å²) in [6.45, 7) is 5.03. The lowest BCUT2D eigenvalue weighted by molar-refractivity contribution is 0.967. The Morgan fingerprint density at radius 1 is 0.944 bits per heavy atom. The lowest BCUT2D eigenvalue weighted by Crippen LogP contribution is -1.98. The second-order valence-electron chi connectivity index (χ2n) is 4.57. The number of benzene rings is 2. The molecule has 2 aromatic rings. The minimum absolute atomic E-state index is 0.851. The van der Waals surface area contributed by atoms with E-state index in [4.69, 9.17) is 0 Å². The zero-order chi connectivity index (χ0) is 12.8. The molecule has 0 heterocycles. The molecule has 18 heavy (non-hydrogen) atoms. The molecule has 0 saturated heterocycles. The molecule has 0 amide bonds. The molecule has 0 radical (unpaired) electrons. The van der Waals surface area contributed by atoms with Crippen molar-refractivity contribution in [2.45, 2.75) is 20.3 Å². The number of rotatable bonds is 4. The second kappa shape index (κ2) is 6.15. The Balaban J connectivity index is 1.95. The van der Waals surface area contributed by atoms with Gasteiger partial charge in [-0.3, -0.25) is 4.99 Å². The Bertz CT molecular complexity index is 509. The van der Waals surface area contributed by atoms with Crippen LogP contribution in [-0.4, -0.2) is 12.3 Å². The summed E-state index contributed by atoms with van der Waals surface area (Å²) in [4.78, 5) is 4.64. The van der Waals surface area contributed by atoms with E-state index >= 15 is 0 Å². The first-order chi connectivity index (χ1) is 8.75. The van der Waals surface area contributed by atoms with Crippen molar-refractivity contribution < 1.29 is 0 Å². The van der Waals surface area contributed by atoms with E-state index in [-0.39, 0.29) is 0 Å². The molecule has 1 nitrogen and oxygen atoms in total. The molecule has 0 saturated carbocycles. The van der Waals surface area contributed by atoms with Gasteiger partial charge in [-0.25, -0.2) is 0 Å². The van der Waals surface area contributed by atoms with Crippen molar-refractivity contribution in [1.29, 1.82) is 0 Å². The predicted molar refractivity (Wildman–Crippen MR) is 78.4 cm³/mol. The van der Waals surface area contributed by atoms with Crippen molar-refractivity contribution >= 4 is 5.71 Å². The quantitative estimate of drug-likeness (QED) is 0.711. The van der Waals surface area contributed by atoms with Gasteiger partial charge in [0.05, 0.1) is 0 Å². The van der Waals surface area contributed by atoms with Gasteiger partial charge in [0.15, 0.2) is 0 Å². The fourth-order valence-corrected chi connectivity index (χ4v) is 1.88. The zero-order valence-electron chi connectivity index (χ0n) is 11.1. The molecule has 2 rings (SSSR count). The first-order valence-electron chi connectivity index (χ1n) is 6.38. The Hall–Kier alpha value is -1.89. The Kier molecular flexibility index (Phi) is 4.30. The van der Waals surface area contributed by atoms with Gasteiger partial charge in [0, 0.05) is 12.3 Å². The van der Waals surface area contributed by atoms with Gasteiger partial charge >= 0.3 is 0 Å². The third-order valence-electron chi connectivity index (χ3n) is 3.06. The van der Waals surface area contributed by atoms with Crippen molar-refractivity contribution in [3.63, 3.8) is 0 Å². The minimum atomic E-state index is 0.851. The molecule has 0 N–H and O–H groups in total. The summed E-state index contributed by atoms with van der Waals surface area (Å²) >= 11 is 0. The lowest BCUT2D eigenvalue weighted by atomic mass is 10.1. The smallest absolute Gasteiger partial charge is 0.0433 e. The van der Waals surface area contributed by atoms with Gasteiger partial charge in [-0.1, -0.05) is 60.2 Å². The molecule has 1 heteroatoms. The summed E-state index contributed by atoms with van der Waals surface area (Å²) in [6.07, 6.45) is 1.00. The van der Waals surface area contributed by atoms with Crippen LogP contribution in [0.3, 0.4) is 0 Å². The molecule has 0 spiro atoms. The van der Waals surface area contributed by atoms with Crippen molar-refractivity contribution in [2.75, 3.05) is 6.54 Å². The fourth-order valence-electron chi connectivity index (χ4n) is 1.88. The molecule has 0 unspecified atom stereocenters. The summed E-state index contributed by atoms with van der Waals surface area (Å²) < 4.78 is 0. The third kappa shape index (κ3) is 3.56. The fraction of sp³-hybridized carbons (Fsp3) is 0.235. The molecule has 0 atom stereocenters. The molecule has 0 fully saturated rings. The van der Waals surface area contributed by atoms with Crippen LogP contribution in [0, 0.1) is 6.92 Å². The molecule has 92 valence electrons. The maximum Gasteiger partial charge on any atom is 0.0433 e. The summed E-state index contributed by atoms with van der Waals surface area (Å²) in [5, 5.41) is 0. The highest BCUT2D eigenvalue weighted by atomic mass is 14.7. The Morgan fingerprint density at radius 3 is 2.28 bits per heavy atom. The van der Waals surface area contributed by atoms with Gasteiger partial charge in [0.25, 0.3) is 0 Å². The van der Waals surface area contributed by atoms with Crippen LogP contribution in [0.1, 0.15) is 23.6 Å². The van der Waals surface area contributed by atoms with E-state index in [0.29, 0.717) is 0 Å². The number of aliphatic imine (C=N–C) groups is 1. The largest absolute Gasteiger partial charge is 0.289 e. The third-order valence-corrected chi connectivity index (χ3v) is 3.06. The number of aryl methyl sites for hydroxylation is 1. The van der Waals surface area contributed by atoms with E-state index in [9.17, 15) is 0 Å². The van der Waals surface area contributed by atoms with Crippen LogP contribution in [0.4, 0.5) is 0 Å². The highest BCUT2D eigenvalue weighted by molar-refractivity contribution is 5.98. The van der Waals surface area contributed by atoms with Gasteiger partial charge in [0.2, 0.25) is 0 Å². The predicted octanol–water partition coefficient (Wildman–Crippen LogP) is 4.05. The first-order valence-corrected chi connectivity index (χ1v) is 6.38. The van der Waals surface area contributed by atoms with E-state index in [1.807, 2.05) is 6.07 Å². The van der Waals surface area contributed by atoms with Crippen LogP contribution in [0.5, 0.6) is 0 Å².